The average molecular weight is 179 g/mol. The molecule has 0 aromatic heterocycles. The van der Waals surface area contributed by atoms with Crippen LogP contribution in [0.3, 0.4) is 0 Å². The summed E-state index contributed by atoms with van der Waals surface area (Å²) in [4.78, 5) is 11.5. The molecule has 2 heteroatoms. The largest absolute Gasteiger partial charge is 0.299 e. The highest BCUT2D eigenvalue weighted by Crippen LogP contribution is 2.49. The molecule has 13 heavy (non-hydrogen) atoms. The number of nitriles is 1. The Hall–Kier alpha value is -0.840. The molecular formula is C11H17NO. The smallest absolute Gasteiger partial charge is 0.138 e. The van der Waals surface area contributed by atoms with Crippen molar-refractivity contribution in [1.29, 1.82) is 5.26 Å². The maximum absolute atomic E-state index is 11.5. The summed E-state index contributed by atoms with van der Waals surface area (Å²) < 4.78 is 0. The van der Waals surface area contributed by atoms with Crippen LogP contribution in [0, 0.1) is 22.2 Å². The van der Waals surface area contributed by atoms with Crippen LogP contribution >= 0.6 is 0 Å². The van der Waals surface area contributed by atoms with Gasteiger partial charge in [-0.25, -0.2) is 0 Å². The van der Waals surface area contributed by atoms with Crippen LogP contribution in [0.2, 0.25) is 0 Å². The van der Waals surface area contributed by atoms with Crippen molar-refractivity contribution in [1.82, 2.24) is 0 Å². The molecule has 0 saturated heterocycles. The van der Waals surface area contributed by atoms with Crippen molar-refractivity contribution in [3.05, 3.63) is 0 Å². The van der Waals surface area contributed by atoms with Crippen LogP contribution in [0.15, 0.2) is 0 Å². The fraction of sp³-hybridized carbons (Fsp3) is 0.818. The molecule has 1 fully saturated rings. The molecule has 0 unspecified atom stereocenters. The third kappa shape index (κ3) is 2.55. The lowest BCUT2D eigenvalue weighted by atomic mass is 9.86. The van der Waals surface area contributed by atoms with Crippen molar-refractivity contribution in [3.8, 4) is 6.07 Å². The van der Waals surface area contributed by atoms with Gasteiger partial charge in [-0.05, 0) is 19.3 Å². The molecule has 1 aliphatic carbocycles. The van der Waals surface area contributed by atoms with Crippen LogP contribution in [-0.4, -0.2) is 5.78 Å². The van der Waals surface area contributed by atoms with E-state index in [1.54, 1.807) is 0 Å². The van der Waals surface area contributed by atoms with Crippen LogP contribution in [0.1, 0.15) is 46.5 Å². The lowest BCUT2D eigenvalue weighted by Crippen LogP contribution is -2.20. The van der Waals surface area contributed by atoms with E-state index in [0.29, 0.717) is 6.42 Å². The molecular weight excluding hydrogens is 162 g/mol. The highest BCUT2D eigenvalue weighted by Gasteiger charge is 2.43. The zero-order chi connectivity index (χ0) is 10.1. The number of Topliss-reactive ketones (excluding diaryl/α,β-unsaturated/α-hetero) is 1. The zero-order valence-electron chi connectivity index (χ0n) is 8.68. The monoisotopic (exact) mass is 179 g/mol. The molecule has 0 bridgehead atoms. The van der Waals surface area contributed by atoms with E-state index in [-0.39, 0.29) is 16.6 Å². The van der Waals surface area contributed by atoms with Gasteiger partial charge in [0.25, 0.3) is 0 Å². The van der Waals surface area contributed by atoms with E-state index < -0.39 is 0 Å². The first kappa shape index (κ1) is 10.2. The molecule has 0 heterocycles. The predicted molar refractivity (Wildman–Crippen MR) is 51.0 cm³/mol. The van der Waals surface area contributed by atoms with Gasteiger partial charge in [-0.2, -0.15) is 5.26 Å². The second-order valence-electron chi connectivity index (χ2n) is 5.07. The number of carbonyl (C=O) groups excluding carboxylic acids is 1. The van der Waals surface area contributed by atoms with Crippen molar-refractivity contribution in [2.45, 2.75) is 46.5 Å². The highest BCUT2D eigenvalue weighted by molar-refractivity contribution is 5.83. The minimum absolute atomic E-state index is 0.124. The molecule has 0 atom stereocenters. The highest BCUT2D eigenvalue weighted by atomic mass is 16.1. The van der Waals surface area contributed by atoms with Gasteiger partial charge < -0.3 is 0 Å². The summed E-state index contributed by atoms with van der Waals surface area (Å²) in [5, 5.41) is 8.81. The SMILES string of the molecule is CC(C)(C)C(=O)CCC1(C#N)CC1. The fourth-order valence-corrected chi connectivity index (χ4v) is 1.30. The summed E-state index contributed by atoms with van der Waals surface area (Å²) in [5.74, 6) is 0.272. The lowest BCUT2D eigenvalue weighted by molar-refractivity contribution is -0.126. The van der Waals surface area contributed by atoms with Gasteiger partial charge >= 0.3 is 0 Å². The van der Waals surface area contributed by atoms with Crippen molar-refractivity contribution < 1.29 is 4.79 Å². The normalized spacial score (nSPS) is 19.2. The van der Waals surface area contributed by atoms with Crippen LogP contribution in [0.5, 0.6) is 0 Å². The zero-order valence-corrected chi connectivity index (χ0v) is 8.68. The second-order valence-corrected chi connectivity index (χ2v) is 5.07. The Balaban J connectivity index is 2.36. The Bertz CT molecular complexity index is 250. The summed E-state index contributed by atoms with van der Waals surface area (Å²) in [7, 11) is 0. The first-order valence-electron chi connectivity index (χ1n) is 4.84. The van der Waals surface area contributed by atoms with Crippen molar-refractivity contribution in [2.75, 3.05) is 0 Å². The van der Waals surface area contributed by atoms with Crippen molar-refractivity contribution in [3.63, 3.8) is 0 Å². The summed E-state index contributed by atoms with van der Waals surface area (Å²) >= 11 is 0. The van der Waals surface area contributed by atoms with Crippen molar-refractivity contribution >= 4 is 5.78 Å². The third-order valence-electron chi connectivity index (χ3n) is 2.76. The minimum atomic E-state index is -0.245. The Morgan fingerprint density at radius 3 is 2.31 bits per heavy atom. The van der Waals surface area contributed by atoms with E-state index in [1.165, 1.54) is 0 Å². The molecule has 0 N–H and O–H groups in total. The van der Waals surface area contributed by atoms with E-state index in [0.717, 1.165) is 19.3 Å². The third-order valence-corrected chi connectivity index (χ3v) is 2.76. The summed E-state index contributed by atoms with van der Waals surface area (Å²) in [5.41, 5.74) is -0.369. The van der Waals surface area contributed by atoms with Gasteiger partial charge in [0.05, 0.1) is 11.5 Å². The standard InChI is InChI=1S/C11H17NO/c1-10(2,3)9(13)4-5-11(8-12)6-7-11/h4-7H2,1-3H3. The lowest BCUT2D eigenvalue weighted by Gasteiger charge is -2.17. The minimum Gasteiger partial charge on any atom is -0.299 e. The number of rotatable bonds is 3. The molecule has 0 aromatic rings. The number of ketones is 1. The van der Waals surface area contributed by atoms with Gasteiger partial charge in [-0.1, -0.05) is 20.8 Å². The first-order valence-corrected chi connectivity index (χ1v) is 4.84. The van der Waals surface area contributed by atoms with E-state index >= 15 is 0 Å². The molecule has 72 valence electrons. The molecule has 0 radical (unpaired) electrons. The molecule has 2 nitrogen and oxygen atoms in total. The van der Waals surface area contributed by atoms with Gasteiger partial charge in [-0.3, -0.25) is 4.79 Å². The molecule has 0 spiro atoms. The van der Waals surface area contributed by atoms with Crippen LogP contribution in [-0.2, 0) is 4.79 Å². The predicted octanol–water partition coefficient (Wildman–Crippen LogP) is 2.69. The molecule has 0 aromatic carbocycles. The molecule has 0 amide bonds. The molecule has 1 aliphatic rings. The quantitative estimate of drug-likeness (QED) is 0.668. The van der Waals surface area contributed by atoms with Gasteiger partial charge in [0.1, 0.15) is 5.78 Å². The Morgan fingerprint density at radius 1 is 1.46 bits per heavy atom. The van der Waals surface area contributed by atoms with E-state index in [4.69, 9.17) is 5.26 Å². The van der Waals surface area contributed by atoms with Crippen LogP contribution in [0.4, 0.5) is 0 Å². The Morgan fingerprint density at radius 2 is 2.00 bits per heavy atom. The number of carbonyl (C=O) groups is 1. The number of nitrogens with zero attached hydrogens (tertiary/aromatic N) is 1. The number of hydrogen-bond donors (Lipinski definition) is 0. The van der Waals surface area contributed by atoms with Crippen LogP contribution in [0.25, 0.3) is 0 Å². The average Bonchev–Trinajstić information content (AvgIpc) is 2.79. The molecule has 1 rings (SSSR count). The summed E-state index contributed by atoms with van der Waals surface area (Å²) in [6.07, 6.45) is 3.30. The van der Waals surface area contributed by atoms with Crippen molar-refractivity contribution in [2.24, 2.45) is 10.8 Å². The van der Waals surface area contributed by atoms with Crippen LogP contribution < -0.4 is 0 Å². The Labute approximate surface area is 79.9 Å². The maximum Gasteiger partial charge on any atom is 0.138 e. The Kier molecular flexibility index (Phi) is 2.47. The van der Waals surface area contributed by atoms with Gasteiger partial charge in [0.2, 0.25) is 0 Å². The molecule has 1 saturated carbocycles. The number of hydrogen-bond acceptors (Lipinski definition) is 2. The van der Waals surface area contributed by atoms with E-state index in [1.807, 2.05) is 20.8 Å². The first-order chi connectivity index (χ1) is 5.90. The van der Waals surface area contributed by atoms with Gasteiger partial charge in [-0.15, -0.1) is 0 Å². The second kappa shape index (κ2) is 3.14. The fourth-order valence-electron chi connectivity index (χ4n) is 1.30. The maximum atomic E-state index is 11.5. The van der Waals surface area contributed by atoms with E-state index in [2.05, 4.69) is 6.07 Å². The summed E-state index contributed by atoms with van der Waals surface area (Å²) in [6, 6.07) is 2.31. The summed E-state index contributed by atoms with van der Waals surface area (Å²) in [6.45, 7) is 5.80. The van der Waals surface area contributed by atoms with Gasteiger partial charge in [0.15, 0.2) is 0 Å². The van der Waals surface area contributed by atoms with E-state index in [9.17, 15) is 4.79 Å². The topological polar surface area (TPSA) is 40.9 Å². The van der Waals surface area contributed by atoms with Gasteiger partial charge in [0, 0.05) is 11.8 Å². The molecule has 0 aliphatic heterocycles.